The average molecular weight is 256 g/mol. The summed E-state index contributed by atoms with van der Waals surface area (Å²) in [6, 6.07) is 10.7. The van der Waals surface area contributed by atoms with Crippen molar-refractivity contribution >= 4 is 16.6 Å². The summed E-state index contributed by atoms with van der Waals surface area (Å²) in [5.74, 6) is 1.53. The summed E-state index contributed by atoms with van der Waals surface area (Å²) >= 11 is 0. The number of benzene rings is 2. The van der Waals surface area contributed by atoms with Crippen LogP contribution in [0.1, 0.15) is 0 Å². The Morgan fingerprint density at radius 1 is 1.21 bits per heavy atom. The molecule has 0 bridgehead atoms. The third-order valence-electron chi connectivity index (χ3n) is 3.01. The fraction of sp³-hybridized carbons (Fsp3) is 0.0714. The van der Waals surface area contributed by atoms with Crippen molar-refractivity contribution in [3.05, 3.63) is 36.4 Å². The Hall–Kier alpha value is -2.69. The first-order valence-electron chi connectivity index (χ1n) is 5.72. The number of nitrogen functional groups attached to an aromatic ring is 1. The second kappa shape index (κ2) is 4.20. The molecule has 1 aromatic heterocycles. The van der Waals surface area contributed by atoms with Gasteiger partial charge in [0.15, 0.2) is 11.6 Å². The van der Waals surface area contributed by atoms with Crippen LogP contribution in [-0.4, -0.2) is 17.4 Å². The van der Waals surface area contributed by atoms with Gasteiger partial charge in [-0.3, -0.25) is 0 Å². The number of hydrogen-bond donors (Lipinski definition) is 2. The van der Waals surface area contributed by atoms with Crippen molar-refractivity contribution in [3.8, 4) is 22.8 Å². The van der Waals surface area contributed by atoms with Gasteiger partial charge in [-0.25, -0.2) is 0 Å². The van der Waals surface area contributed by atoms with Gasteiger partial charge in [0.1, 0.15) is 11.5 Å². The molecule has 3 rings (SSSR count). The first-order chi connectivity index (χ1) is 9.20. The maximum absolute atomic E-state index is 10.3. The van der Waals surface area contributed by atoms with E-state index in [9.17, 15) is 5.11 Å². The Morgan fingerprint density at radius 3 is 2.74 bits per heavy atom. The van der Waals surface area contributed by atoms with Crippen LogP contribution < -0.4 is 10.5 Å². The first kappa shape index (κ1) is 11.4. The van der Waals surface area contributed by atoms with E-state index in [2.05, 4.69) is 5.16 Å². The molecule has 0 saturated carbocycles. The maximum atomic E-state index is 10.3. The highest BCUT2D eigenvalue weighted by atomic mass is 16.5. The highest BCUT2D eigenvalue weighted by Crippen LogP contribution is 2.39. The van der Waals surface area contributed by atoms with Crippen LogP contribution in [0.3, 0.4) is 0 Å². The van der Waals surface area contributed by atoms with E-state index in [1.807, 2.05) is 24.3 Å². The van der Waals surface area contributed by atoms with Gasteiger partial charge in [-0.1, -0.05) is 17.3 Å². The molecule has 0 radical (unpaired) electrons. The van der Waals surface area contributed by atoms with E-state index in [-0.39, 0.29) is 11.6 Å². The molecular weight excluding hydrogens is 244 g/mol. The van der Waals surface area contributed by atoms with Gasteiger partial charge in [-0.15, -0.1) is 0 Å². The monoisotopic (exact) mass is 256 g/mol. The largest absolute Gasteiger partial charge is 0.507 e. The van der Waals surface area contributed by atoms with Crippen LogP contribution in [0.15, 0.2) is 40.9 Å². The summed E-state index contributed by atoms with van der Waals surface area (Å²) < 4.78 is 10.3. The third-order valence-corrected chi connectivity index (χ3v) is 3.01. The van der Waals surface area contributed by atoms with Crippen LogP contribution in [0.5, 0.6) is 11.5 Å². The van der Waals surface area contributed by atoms with Crippen LogP contribution in [0.4, 0.5) is 5.82 Å². The van der Waals surface area contributed by atoms with E-state index in [0.29, 0.717) is 22.5 Å². The third kappa shape index (κ3) is 1.76. The van der Waals surface area contributed by atoms with Crippen molar-refractivity contribution in [2.45, 2.75) is 0 Å². The SMILES string of the molecule is COc1cccc2c(O)c(-c3cc(N)no3)ccc12. The summed E-state index contributed by atoms with van der Waals surface area (Å²) in [7, 11) is 1.59. The number of aromatic hydroxyl groups is 1. The molecule has 3 aromatic rings. The molecule has 0 amide bonds. The second-order valence-electron chi connectivity index (χ2n) is 4.13. The van der Waals surface area contributed by atoms with Crippen LogP contribution in [0.25, 0.3) is 22.1 Å². The molecule has 5 nitrogen and oxygen atoms in total. The molecule has 0 fully saturated rings. The fourth-order valence-electron chi connectivity index (χ4n) is 2.11. The van der Waals surface area contributed by atoms with E-state index >= 15 is 0 Å². The van der Waals surface area contributed by atoms with Gasteiger partial charge in [0, 0.05) is 16.8 Å². The Kier molecular flexibility index (Phi) is 2.52. The van der Waals surface area contributed by atoms with Crippen molar-refractivity contribution in [1.82, 2.24) is 5.16 Å². The minimum Gasteiger partial charge on any atom is -0.507 e. The lowest BCUT2D eigenvalue weighted by Gasteiger charge is -2.08. The minimum absolute atomic E-state index is 0.118. The fourth-order valence-corrected chi connectivity index (χ4v) is 2.11. The lowest BCUT2D eigenvalue weighted by atomic mass is 10.0. The summed E-state index contributed by atoms with van der Waals surface area (Å²) in [6.07, 6.45) is 0. The number of nitrogens with two attached hydrogens (primary N) is 1. The van der Waals surface area contributed by atoms with Crippen LogP contribution in [-0.2, 0) is 0 Å². The number of nitrogens with zero attached hydrogens (tertiary/aromatic N) is 1. The zero-order chi connectivity index (χ0) is 13.4. The number of fused-ring (bicyclic) bond motifs is 1. The van der Waals surface area contributed by atoms with E-state index in [4.69, 9.17) is 15.0 Å². The molecule has 0 aliphatic heterocycles. The standard InChI is InChI=1S/C14H12N2O3/c1-18-11-4-2-3-9-8(11)5-6-10(14(9)17)12-7-13(15)16-19-12/h2-7,17H,1H3,(H2,15,16). The number of phenols is 1. The number of rotatable bonds is 2. The number of methoxy groups -OCH3 is 1. The molecule has 1 heterocycles. The van der Waals surface area contributed by atoms with E-state index < -0.39 is 0 Å². The number of aromatic nitrogens is 1. The predicted molar refractivity (Wildman–Crippen MR) is 72.1 cm³/mol. The van der Waals surface area contributed by atoms with Crippen molar-refractivity contribution in [1.29, 1.82) is 0 Å². The first-order valence-corrected chi connectivity index (χ1v) is 5.72. The predicted octanol–water partition coefficient (Wildman–Crippen LogP) is 2.79. The van der Waals surface area contributed by atoms with Gasteiger partial charge < -0.3 is 20.1 Å². The average Bonchev–Trinajstić information content (AvgIpc) is 2.85. The smallest absolute Gasteiger partial charge is 0.172 e. The van der Waals surface area contributed by atoms with Crippen LogP contribution >= 0.6 is 0 Å². The van der Waals surface area contributed by atoms with Crippen LogP contribution in [0, 0.1) is 0 Å². The van der Waals surface area contributed by atoms with Gasteiger partial charge in [0.2, 0.25) is 0 Å². The quantitative estimate of drug-likeness (QED) is 0.736. The molecule has 5 heteroatoms. The highest BCUT2D eigenvalue weighted by molar-refractivity contribution is 5.97. The number of hydrogen-bond acceptors (Lipinski definition) is 5. The van der Waals surface area contributed by atoms with Gasteiger partial charge in [0.05, 0.1) is 12.7 Å². The number of ether oxygens (including phenoxy) is 1. The zero-order valence-corrected chi connectivity index (χ0v) is 10.3. The zero-order valence-electron chi connectivity index (χ0n) is 10.3. The van der Waals surface area contributed by atoms with Crippen molar-refractivity contribution < 1.29 is 14.4 Å². The Morgan fingerprint density at radius 2 is 2.05 bits per heavy atom. The summed E-state index contributed by atoms with van der Waals surface area (Å²) in [5, 5.41) is 15.5. The molecule has 96 valence electrons. The maximum Gasteiger partial charge on any atom is 0.172 e. The van der Waals surface area contributed by atoms with Crippen LogP contribution in [0.2, 0.25) is 0 Å². The topological polar surface area (TPSA) is 81.5 Å². The molecule has 0 aliphatic carbocycles. The highest BCUT2D eigenvalue weighted by Gasteiger charge is 2.14. The molecule has 0 saturated heterocycles. The Labute approximate surface area is 109 Å². The molecular formula is C14H12N2O3. The van der Waals surface area contributed by atoms with E-state index in [1.165, 1.54) is 0 Å². The molecule has 0 spiro atoms. The summed E-state index contributed by atoms with van der Waals surface area (Å²) in [4.78, 5) is 0. The lowest BCUT2D eigenvalue weighted by Crippen LogP contribution is -1.86. The van der Waals surface area contributed by atoms with Crippen molar-refractivity contribution in [2.75, 3.05) is 12.8 Å². The molecule has 0 aliphatic rings. The van der Waals surface area contributed by atoms with Gasteiger partial charge >= 0.3 is 0 Å². The van der Waals surface area contributed by atoms with E-state index in [1.54, 1.807) is 19.2 Å². The van der Waals surface area contributed by atoms with Crippen molar-refractivity contribution in [3.63, 3.8) is 0 Å². The lowest BCUT2D eigenvalue weighted by molar-refractivity contribution is 0.419. The normalized spacial score (nSPS) is 10.8. The molecule has 0 atom stereocenters. The van der Waals surface area contributed by atoms with E-state index in [0.717, 1.165) is 5.39 Å². The Balaban J connectivity index is 2.27. The number of phenolic OH excluding ortho intramolecular Hbond substituents is 1. The molecule has 3 N–H and O–H groups in total. The Bertz CT molecular complexity index is 750. The van der Waals surface area contributed by atoms with Crippen molar-refractivity contribution in [2.24, 2.45) is 0 Å². The molecule has 19 heavy (non-hydrogen) atoms. The van der Waals surface area contributed by atoms with Gasteiger partial charge in [0.25, 0.3) is 0 Å². The molecule has 0 unspecified atom stereocenters. The van der Waals surface area contributed by atoms with Gasteiger partial charge in [-0.05, 0) is 18.2 Å². The summed E-state index contributed by atoms with van der Waals surface area (Å²) in [5.41, 5.74) is 6.06. The minimum atomic E-state index is 0.118. The number of anilines is 1. The molecule has 2 aromatic carbocycles. The second-order valence-corrected chi connectivity index (χ2v) is 4.13. The summed E-state index contributed by atoms with van der Waals surface area (Å²) in [6.45, 7) is 0. The van der Waals surface area contributed by atoms with Gasteiger partial charge in [-0.2, -0.15) is 0 Å².